The molecule has 2 heterocycles. The lowest BCUT2D eigenvalue weighted by molar-refractivity contribution is 1.02. The van der Waals surface area contributed by atoms with Crippen LogP contribution in [-0.2, 0) is 0 Å². The van der Waals surface area contributed by atoms with Crippen molar-refractivity contribution < 1.29 is 0 Å². The summed E-state index contributed by atoms with van der Waals surface area (Å²) in [5.74, 6) is 2.00. The summed E-state index contributed by atoms with van der Waals surface area (Å²) >= 11 is 0. The van der Waals surface area contributed by atoms with Gasteiger partial charge in [0.2, 0.25) is 0 Å². The van der Waals surface area contributed by atoms with E-state index in [0.29, 0.717) is 0 Å². The second-order valence-electron chi connectivity index (χ2n) is 4.00. The van der Waals surface area contributed by atoms with E-state index in [9.17, 15) is 0 Å². The van der Waals surface area contributed by atoms with Crippen LogP contribution in [0.2, 0.25) is 0 Å². The first-order chi connectivity index (χ1) is 8.34. The van der Waals surface area contributed by atoms with E-state index in [1.165, 1.54) is 0 Å². The van der Waals surface area contributed by atoms with Crippen molar-refractivity contribution in [1.29, 1.82) is 0 Å². The normalized spacial score (nSPS) is 10.6. The van der Waals surface area contributed by atoms with E-state index in [-0.39, 0.29) is 0 Å². The summed E-state index contributed by atoms with van der Waals surface area (Å²) < 4.78 is 2.07. The molecule has 0 amide bonds. The molecule has 0 saturated heterocycles. The van der Waals surface area contributed by atoms with Gasteiger partial charge in [-0.3, -0.25) is 4.57 Å². The molecule has 3 heteroatoms. The molecule has 3 nitrogen and oxygen atoms in total. The number of imidazole rings is 1. The number of benzene rings is 1. The van der Waals surface area contributed by atoms with Crippen LogP contribution in [0.5, 0.6) is 0 Å². The van der Waals surface area contributed by atoms with Crippen molar-refractivity contribution in [3.05, 3.63) is 60.6 Å². The number of hydrogen-bond donors (Lipinski definition) is 1. The summed E-state index contributed by atoms with van der Waals surface area (Å²) in [4.78, 5) is 7.78. The molecule has 0 aliphatic rings. The lowest BCUT2D eigenvalue weighted by Gasteiger charge is -2.04. The SMILES string of the molecule is Cc1cn(-c2ccc[nH]2)c(-c2ccccc2)n1. The van der Waals surface area contributed by atoms with Crippen LogP contribution < -0.4 is 0 Å². The van der Waals surface area contributed by atoms with Gasteiger partial charge in [0.15, 0.2) is 0 Å². The van der Waals surface area contributed by atoms with Crippen LogP contribution >= 0.6 is 0 Å². The molecule has 3 aromatic rings. The second kappa shape index (κ2) is 3.94. The zero-order valence-electron chi connectivity index (χ0n) is 9.59. The average molecular weight is 223 g/mol. The molecule has 3 rings (SSSR count). The minimum absolute atomic E-state index is 0.963. The number of aromatic nitrogens is 3. The van der Waals surface area contributed by atoms with E-state index in [0.717, 1.165) is 22.9 Å². The third kappa shape index (κ3) is 1.76. The van der Waals surface area contributed by atoms with Gasteiger partial charge < -0.3 is 4.98 Å². The van der Waals surface area contributed by atoms with E-state index in [1.54, 1.807) is 0 Å². The average Bonchev–Trinajstić information content (AvgIpc) is 2.98. The predicted molar refractivity (Wildman–Crippen MR) is 68.1 cm³/mol. The molecule has 0 bridgehead atoms. The predicted octanol–water partition coefficient (Wildman–Crippen LogP) is 3.18. The maximum absolute atomic E-state index is 4.58. The summed E-state index contributed by atoms with van der Waals surface area (Å²) in [6.45, 7) is 2.01. The largest absolute Gasteiger partial charge is 0.348 e. The Kier molecular flexibility index (Phi) is 2.29. The fraction of sp³-hybridized carbons (Fsp3) is 0.0714. The molecule has 17 heavy (non-hydrogen) atoms. The fourth-order valence-corrected chi connectivity index (χ4v) is 1.94. The minimum atomic E-state index is 0.963. The van der Waals surface area contributed by atoms with Gasteiger partial charge in [-0.15, -0.1) is 0 Å². The Balaban J connectivity index is 2.18. The molecular formula is C14H13N3. The molecule has 0 fully saturated rings. The number of hydrogen-bond acceptors (Lipinski definition) is 1. The fourth-order valence-electron chi connectivity index (χ4n) is 1.94. The molecule has 0 aliphatic heterocycles. The summed E-state index contributed by atoms with van der Waals surface area (Å²) in [5.41, 5.74) is 2.13. The van der Waals surface area contributed by atoms with Gasteiger partial charge >= 0.3 is 0 Å². The third-order valence-corrected chi connectivity index (χ3v) is 2.70. The first-order valence-corrected chi connectivity index (χ1v) is 5.60. The zero-order chi connectivity index (χ0) is 11.7. The van der Waals surface area contributed by atoms with Crippen LogP contribution in [0.1, 0.15) is 5.69 Å². The topological polar surface area (TPSA) is 33.6 Å². The van der Waals surface area contributed by atoms with Gasteiger partial charge in [-0.25, -0.2) is 4.98 Å². The standard InChI is InChI=1S/C14H13N3/c1-11-10-17(13-8-5-9-15-13)14(16-11)12-6-3-2-4-7-12/h2-10,15H,1H3. The van der Waals surface area contributed by atoms with Gasteiger partial charge in [-0.1, -0.05) is 30.3 Å². The number of aryl methyl sites for hydroxylation is 1. The van der Waals surface area contributed by atoms with Crippen molar-refractivity contribution in [1.82, 2.24) is 14.5 Å². The molecule has 0 saturated carbocycles. The van der Waals surface area contributed by atoms with Crippen LogP contribution in [0.15, 0.2) is 54.9 Å². The maximum atomic E-state index is 4.58. The van der Waals surface area contributed by atoms with Crippen LogP contribution in [0.4, 0.5) is 0 Å². The van der Waals surface area contributed by atoms with Crippen molar-refractivity contribution in [2.75, 3.05) is 0 Å². The highest BCUT2D eigenvalue weighted by molar-refractivity contribution is 5.58. The van der Waals surface area contributed by atoms with E-state index in [2.05, 4.69) is 26.7 Å². The molecule has 84 valence electrons. The number of aromatic amines is 1. The van der Waals surface area contributed by atoms with Gasteiger partial charge in [-0.05, 0) is 19.1 Å². The van der Waals surface area contributed by atoms with Gasteiger partial charge in [0.1, 0.15) is 11.6 Å². The molecule has 0 spiro atoms. The lowest BCUT2D eigenvalue weighted by Crippen LogP contribution is -1.95. The Hall–Kier alpha value is -2.29. The van der Waals surface area contributed by atoms with E-state index < -0.39 is 0 Å². The van der Waals surface area contributed by atoms with Crippen molar-refractivity contribution in [2.45, 2.75) is 6.92 Å². The third-order valence-electron chi connectivity index (χ3n) is 2.70. The summed E-state index contributed by atoms with van der Waals surface area (Å²) in [7, 11) is 0. The Morgan fingerprint density at radius 1 is 1.06 bits per heavy atom. The molecule has 2 aromatic heterocycles. The number of nitrogens with one attached hydrogen (secondary N) is 1. The van der Waals surface area contributed by atoms with Gasteiger partial charge in [0.05, 0.1) is 5.69 Å². The van der Waals surface area contributed by atoms with E-state index in [4.69, 9.17) is 0 Å². The van der Waals surface area contributed by atoms with Crippen molar-refractivity contribution in [3.63, 3.8) is 0 Å². The highest BCUT2D eigenvalue weighted by atomic mass is 15.1. The van der Waals surface area contributed by atoms with Crippen molar-refractivity contribution in [2.24, 2.45) is 0 Å². The highest BCUT2D eigenvalue weighted by Crippen LogP contribution is 2.21. The number of rotatable bonds is 2. The van der Waals surface area contributed by atoms with Crippen LogP contribution in [-0.4, -0.2) is 14.5 Å². The zero-order valence-corrected chi connectivity index (χ0v) is 9.59. The summed E-state index contributed by atoms with van der Waals surface area (Å²) in [5, 5.41) is 0. The van der Waals surface area contributed by atoms with E-state index >= 15 is 0 Å². The molecule has 0 aliphatic carbocycles. The Labute approximate surface area is 99.8 Å². The van der Waals surface area contributed by atoms with Crippen LogP contribution in [0, 0.1) is 6.92 Å². The first kappa shape index (κ1) is 9.90. The monoisotopic (exact) mass is 223 g/mol. The summed E-state index contributed by atoms with van der Waals surface area (Å²) in [6.07, 6.45) is 3.95. The summed E-state index contributed by atoms with van der Waals surface area (Å²) in [6, 6.07) is 14.2. The van der Waals surface area contributed by atoms with Crippen molar-refractivity contribution in [3.8, 4) is 17.2 Å². The van der Waals surface area contributed by atoms with Gasteiger partial charge in [0.25, 0.3) is 0 Å². The first-order valence-electron chi connectivity index (χ1n) is 5.60. The molecule has 1 N–H and O–H groups in total. The van der Waals surface area contributed by atoms with Gasteiger partial charge in [0, 0.05) is 18.0 Å². The van der Waals surface area contributed by atoms with Crippen molar-refractivity contribution >= 4 is 0 Å². The maximum Gasteiger partial charge on any atom is 0.145 e. The van der Waals surface area contributed by atoms with Gasteiger partial charge in [-0.2, -0.15) is 0 Å². The Morgan fingerprint density at radius 3 is 2.59 bits per heavy atom. The molecule has 0 atom stereocenters. The quantitative estimate of drug-likeness (QED) is 0.711. The Morgan fingerprint density at radius 2 is 1.88 bits per heavy atom. The Bertz CT molecular complexity index is 606. The number of H-pyrrole nitrogens is 1. The lowest BCUT2D eigenvalue weighted by atomic mass is 10.2. The molecule has 0 radical (unpaired) electrons. The number of nitrogens with zero attached hydrogens (tertiary/aromatic N) is 2. The van der Waals surface area contributed by atoms with E-state index in [1.807, 2.05) is 49.6 Å². The molecular weight excluding hydrogens is 210 g/mol. The van der Waals surface area contributed by atoms with Crippen LogP contribution in [0.25, 0.3) is 17.2 Å². The minimum Gasteiger partial charge on any atom is -0.348 e. The smallest absolute Gasteiger partial charge is 0.145 e. The molecule has 1 aromatic carbocycles. The van der Waals surface area contributed by atoms with Crippen LogP contribution in [0.3, 0.4) is 0 Å². The second-order valence-corrected chi connectivity index (χ2v) is 4.00. The highest BCUT2D eigenvalue weighted by Gasteiger charge is 2.09. The molecule has 0 unspecified atom stereocenters.